The molecule has 2 heterocycles. The van der Waals surface area contributed by atoms with Gasteiger partial charge in [-0.2, -0.15) is 0 Å². The molecule has 6 heteroatoms. The van der Waals surface area contributed by atoms with Gasteiger partial charge in [-0.1, -0.05) is 29.8 Å². The SMILES string of the molecule is Cc1ccc(-c2nc(C)c(C(C)NC(=O)CC3CCCN3)s2)cc1.Cl. The van der Waals surface area contributed by atoms with Crippen LogP contribution in [0.25, 0.3) is 10.6 Å². The maximum absolute atomic E-state index is 12.2. The topological polar surface area (TPSA) is 54.0 Å². The maximum atomic E-state index is 12.2. The predicted molar refractivity (Wildman–Crippen MR) is 106 cm³/mol. The number of benzene rings is 1. The molecule has 1 aromatic carbocycles. The third-order valence-electron chi connectivity index (χ3n) is 4.50. The summed E-state index contributed by atoms with van der Waals surface area (Å²) in [5, 5.41) is 7.52. The van der Waals surface area contributed by atoms with Crippen molar-refractivity contribution < 1.29 is 4.79 Å². The number of hydrogen-bond acceptors (Lipinski definition) is 4. The highest BCUT2D eigenvalue weighted by Crippen LogP contribution is 2.32. The minimum Gasteiger partial charge on any atom is -0.349 e. The van der Waals surface area contributed by atoms with E-state index in [9.17, 15) is 4.79 Å². The molecule has 25 heavy (non-hydrogen) atoms. The number of hydrogen-bond donors (Lipinski definition) is 2. The second kappa shape index (κ2) is 8.79. The Morgan fingerprint density at radius 1 is 1.36 bits per heavy atom. The molecule has 1 saturated heterocycles. The van der Waals surface area contributed by atoms with Crippen molar-refractivity contribution in [3.63, 3.8) is 0 Å². The summed E-state index contributed by atoms with van der Waals surface area (Å²) in [6.45, 7) is 7.17. The molecule has 2 N–H and O–H groups in total. The second-order valence-electron chi connectivity index (χ2n) is 6.62. The number of carbonyl (C=O) groups is 1. The average molecular weight is 380 g/mol. The molecular weight excluding hydrogens is 354 g/mol. The zero-order valence-corrected chi connectivity index (χ0v) is 16.6. The molecule has 1 aromatic heterocycles. The number of aryl methyl sites for hydroxylation is 2. The number of carbonyl (C=O) groups excluding carboxylic acids is 1. The lowest BCUT2D eigenvalue weighted by Gasteiger charge is -2.15. The number of nitrogens with zero attached hydrogens (tertiary/aromatic N) is 1. The van der Waals surface area contributed by atoms with E-state index >= 15 is 0 Å². The Morgan fingerprint density at radius 2 is 2.08 bits per heavy atom. The van der Waals surface area contributed by atoms with Crippen molar-refractivity contribution in [3.05, 3.63) is 40.4 Å². The zero-order valence-electron chi connectivity index (χ0n) is 15.0. The molecular formula is C19H26ClN3OS. The third-order valence-corrected chi connectivity index (χ3v) is 5.89. The molecule has 0 bridgehead atoms. The van der Waals surface area contributed by atoms with E-state index in [1.54, 1.807) is 11.3 Å². The van der Waals surface area contributed by atoms with E-state index in [4.69, 9.17) is 4.98 Å². The Morgan fingerprint density at radius 3 is 2.72 bits per heavy atom. The Balaban J connectivity index is 0.00000225. The fraction of sp³-hybridized carbons (Fsp3) is 0.474. The summed E-state index contributed by atoms with van der Waals surface area (Å²) in [5.74, 6) is 0.117. The molecule has 1 aliphatic rings. The molecule has 2 unspecified atom stereocenters. The molecule has 3 rings (SSSR count). The Bertz CT molecular complexity index is 708. The van der Waals surface area contributed by atoms with Gasteiger partial charge >= 0.3 is 0 Å². The number of aromatic nitrogens is 1. The zero-order chi connectivity index (χ0) is 17.1. The summed E-state index contributed by atoms with van der Waals surface area (Å²) < 4.78 is 0. The van der Waals surface area contributed by atoms with Gasteiger partial charge in [0, 0.05) is 18.0 Å². The van der Waals surface area contributed by atoms with Gasteiger partial charge in [0.2, 0.25) is 5.91 Å². The van der Waals surface area contributed by atoms with Crippen LogP contribution in [0.1, 0.15) is 48.4 Å². The first kappa shape index (κ1) is 19.9. The van der Waals surface area contributed by atoms with Gasteiger partial charge in [0.25, 0.3) is 0 Å². The molecule has 0 saturated carbocycles. The van der Waals surface area contributed by atoms with Crippen LogP contribution in [0.15, 0.2) is 24.3 Å². The molecule has 4 nitrogen and oxygen atoms in total. The van der Waals surface area contributed by atoms with Gasteiger partial charge in [0.15, 0.2) is 0 Å². The van der Waals surface area contributed by atoms with Crippen molar-refractivity contribution in [1.29, 1.82) is 0 Å². The van der Waals surface area contributed by atoms with E-state index < -0.39 is 0 Å². The molecule has 0 radical (unpaired) electrons. The third kappa shape index (κ3) is 5.03. The fourth-order valence-electron chi connectivity index (χ4n) is 3.15. The molecule has 1 fully saturated rings. The summed E-state index contributed by atoms with van der Waals surface area (Å²) in [7, 11) is 0. The van der Waals surface area contributed by atoms with E-state index in [-0.39, 0.29) is 24.4 Å². The first-order valence-electron chi connectivity index (χ1n) is 8.60. The first-order valence-corrected chi connectivity index (χ1v) is 9.41. The van der Waals surface area contributed by atoms with Crippen LogP contribution < -0.4 is 10.6 Å². The van der Waals surface area contributed by atoms with Crippen LogP contribution in [0.2, 0.25) is 0 Å². The van der Waals surface area contributed by atoms with E-state index in [2.05, 4.69) is 41.8 Å². The van der Waals surface area contributed by atoms with Gasteiger partial charge in [-0.3, -0.25) is 4.79 Å². The van der Waals surface area contributed by atoms with E-state index in [1.807, 2.05) is 13.8 Å². The monoisotopic (exact) mass is 379 g/mol. The number of thiazole rings is 1. The predicted octanol–water partition coefficient (Wildman–Crippen LogP) is 4.17. The van der Waals surface area contributed by atoms with Gasteiger partial charge in [0.05, 0.1) is 16.6 Å². The van der Waals surface area contributed by atoms with E-state index in [1.165, 1.54) is 12.0 Å². The highest BCUT2D eigenvalue weighted by molar-refractivity contribution is 7.15. The molecule has 0 spiro atoms. The molecule has 1 aliphatic heterocycles. The van der Waals surface area contributed by atoms with Crippen LogP contribution >= 0.6 is 23.7 Å². The van der Waals surface area contributed by atoms with Crippen molar-refractivity contribution in [2.45, 2.75) is 52.1 Å². The number of nitrogens with one attached hydrogen (secondary N) is 2. The van der Waals surface area contributed by atoms with Gasteiger partial charge in [-0.05, 0) is 40.2 Å². The Labute approximate surface area is 159 Å². The summed E-state index contributed by atoms with van der Waals surface area (Å²) >= 11 is 1.67. The molecule has 2 atom stereocenters. The summed E-state index contributed by atoms with van der Waals surface area (Å²) in [4.78, 5) is 18.1. The smallest absolute Gasteiger partial charge is 0.222 e. The van der Waals surface area contributed by atoms with E-state index in [0.29, 0.717) is 12.5 Å². The lowest BCUT2D eigenvalue weighted by atomic mass is 10.1. The van der Waals surface area contributed by atoms with Crippen LogP contribution in [0.3, 0.4) is 0 Å². The first-order chi connectivity index (χ1) is 11.5. The quantitative estimate of drug-likeness (QED) is 0.819. The standard InChI is InChI=1S/C19H25N3OS.ClH/c1-12-6-8-15(9-7-12)19-22-14(3)18(24-19)13(2)21-17(23)11-16-5-4-10-20-16;/h6-9,13,16,20H,4-5,10-11H2,1-3H3,(H,21,23);1H. The van der Waals surface area contributed by atoms with Gasteiger partial charge in [-0.25, -0.2) is 4.98 Å². The van der Waals surface area contributed by atoms with Crippen LogP contribution in [-0.2, 0) is 4.79 Å². The minimum absolute atomic E-state index is 0. The average Bonchev–Trinajstić information content (AvgIpc) is 3.17. The molecule has 2 aromatic rings. The summed E-state index contributed by atoms with van der Waals surface area (Å²) in [5.41, 5.74) is 3.38. The van der Waals surface area contributed by atoms with Crippen molar-refractivity contribution in [1.82, 2.24) is 15.6 Å². The molecule has 1 amide bonds. The minimum atomic E-state index is -0.00407. The highest BCUT2D eigenvalue weighted by Gasteiger charge is 2.21. The van der Waals surface area contributed by atoms with Crippen LogP contribution in [0.4, 0.5) is 0 Å². The van der Waals surface area contributed by atoms with Gasteiger partial charge in [0.1, 0.15) is 5.01 Å². The lowest BCUT2D eigenvalue weighted by Crippen LogP contribution is -2.33. The largest absolute Gasteiger partial charge is 0.349 e. The van der Waals surface area contributed by atoms with Gasteiger partial charge < -0.3 is 10.6 Å². The fourth-order valence-corrected chi connectivity index (χ4v) is 4.22. The maximum Gasteiger partial charge on any atom is 0.222 e. The van der Waals surface area contributed by atoms with Crippen molar-refractivity contribution >= 4 is 29.7 Å². The van der Waals surface area contributed by atoms with Crippen LogP contribution in [0.5, 0.6) is 0 Å². The molecule has 0 aliphatic carbocycles. The van der Waals surface area contributed by atoms with Crippen LogP contribution in [-0.4, -0.2) is 23.5 Å². The second-order valence-corrected chi connectivity index (χ2v) is 7.65. The number of halogens is 1. The summed E-state index contributed by atoms with van der Waals surface area (Å²) in [6.07, 6.45) is 2.83. The van der Waals surface area contributed by atoms with Crippen LogP contribution in [0, 0.1) is 13.8 Å². The Kier molecular flexibility index (Phi) is 6.99. The lowest BCUT2D eigenvalue weighted by molar-refractivity contribution is -0.122. The number of amides is 1. The number of rotatable bonds is 5. The van der Waals surface area contributed by atoms with Gasteiger partial charge in [-0.15, -0.1) is 23.7 Å². The van der Waals surface area contributed by atoms with Crippen molar-refractivity contribution in [3.8, 4) is 10.6 Å². The Hall–Kier alpha value is -1.43. The van der Waals surface area contributed by atoms with E-state index in [0.717, 1.165) is 34.1 Å². The normalized spacial score (nSPS) is 17.8. The molecule has 136 valence electrons. The highest BCUT2D eigenvalue weighted by atomic mass is 35.5. The van der Waals surface area contributed by atoms with Crippen molar-refractivity contribution in [2.75, 3.05) is 6.54 Å². The summed E-state index contributed by atoms with van der Waals surface area (Å²) in [6, 6.07) is 8.74. The van der Waals surface area contributed by atoms with Crippen molar-refractivity contribution in [2.24, 2.45) is 0 Å².